The van der Waals surface area contributed by atoms with Crippen LogP contribution in [0.1, 0.15) is 17.8 Å². The zero-order chi connectivity index (χ0) is 13.8. The van der Waals surface area contributed by atoms with E-state index in [0.717, 1.165) is 11.4 Å². The summed E-state index contributed by atoms with van der Waals surface area (Å²) in [6.07, 6.45) is 0.150. The molecule has 1 aromatic carbocycles. The molecule has 19 heavy (non-hydrogen) atoms. The lowest BCUT2D eigenvalue weighted by Gasteiger charge is -2.07. The Bertz CT molecular complexity index is 568. The maximum atomic E-state index is 10.7. The van der Waals surface area contributed by atoms with Crippen LogP contribution in [0.2, 0.25) is 0 Å². The number of hydrogen-bond acceptors (Lipinski definition) is 1. The molecule has 2 rings (SSSR count). The lowest BCUT2D eigenvalue weighted by Crippen LogP contribution is -2.41. The van der Waals surface area contributed by atoms with Crippen molar-refractivity contribution in [3.63, 3.8) is 0 Å². The Morgan fingerprint density at radius 2 is 1.63 bits per heavy atom. The molecule has 0 aliphatic carbocycles. The van der Waals surface area contributed by atoms with Crippen LogP contribution in [0.5, 0.6) is 0 Å². The van der Waals surface area contributed by atoms with Gasteiger partial charge in [-0.25, -0.2) is 0 Å². The summed E-state index contributed by atoms with van der Waals surface area (Å²) < 4.78 is 2.04. The maximum Gasteiger partial charge on any atom is 0.309 e. The number of rotatable bonds is 4. The van der Waals surface area contributed by atoms with Gasteiger partial charge in [0.1, 0.15) is 6.42 Å². The number of carboxylic acid groups (broad SMARTS) is 1. The van der Waals surface area contributed by atoms with Crippen molar-refractivity contribution in [3.05, 3.63) is 53.9 Å². The minimum Gasteiger partial charge on any atom is -0.481 e. The van der Waals surface area contributed by atoms with Gasteiger partial charge in [-0.2, -0.15) is 4.57 Å². The van der Waals surface area contributed by atoms with E-state index in [9.17, 15) is 4.79 Å². The first-order valence-corrected chi connectivity index (χ1v) is 6.36. The monoisotopic (exact) mass is 256 g/mol. The summed E-state index contributed by atoms with van der Waals surface area (Å²) in [6.45, 7) is 4.55. The first-order chi connectivity index (χ1) is 9.08. The van der Waals surface area contributed by atoms with Crippen LogP contribution in [0, 0.1) is 13.8 Å². The molecule has 1 heterocycles. The van der Waals surface area contributed by atoms with Crippen molar-refractivity contribution in [1.82, 2.24) is 0 Å². The second-order valence-corrected chi connectivity index (χ2v) is 4.69. The quantitative estimate of drug-likeness (QED) is 0.855. The molecule has 0 radical (unpaired) electrons. The average molecular weight is 256 g/mol. The summed E-state index contributed by atoms with van der Waals surface area (Å²) >= 11 is 0. The third-order valence-electron chi connectivity index (χ3n) is 3.24. The number of carbonyl (C=O) groups is 1. The van der Waals surface area contributed by atoms with E-state index in [-0.39, 0.29) is 6.42 Å². The molecule has 0 bridgehead atoms. The molecule has 0 spiro atoms. The van der Waals surface area contributed by atoms with Gasteiger partial charge in [0, 0.05) is 26.0 Å². The fraction of sp³-hybridized carbons (Fsp3) is 0.250. The predicted octanol–water partition coefficient (Wildman–Crippen LogP) is 2.73. The van der Waals surface area contributed by atoms with Gasteiger partial charge in [-0.1, -0.05) is 30.3 Å². The lowest BCUT2D eigenvalue weighted by molar-refractivity contribution is -0.707. The molecule has 2 aromatic rings. The summed E-state index contributed by atoms with van der Waals surface area (Å²) in [5.41, 5.74) is 4.52. The highest BCUT2D eigenvalue weighted by molar-refractivity contribution is 5.66. The smallest absolute Gasteiger partial charge is 0.309 e. The largest absolute Gasteiger partial charge is 0.481 e. The molecule has 1 N–H and O–H groups in total. The van der Waals surface area contributed by atoms with Crippen LogP contribution in [-0.2, 0) is 11.3 Å². The van der Waals surface area contributed by atoms with Gasteiger partial charge in [-0.05, 0) is 11.1 Å². The van der Waals surface area contributed by atoms with Gasteiger partial charge in [0.15, 0.2) is 17.9 Å². The van der Waals surface area contributed by atoms with Crippen LogP contribution in [-0.4, -0.2) is 11.1 Å². The third-order valence-corrected chi connectivity index (χ3v) is 3.24. The SMILES string of the molecule is Cc1cc(-c2ccccc2)cc(C)[n+]1CCC(=O)O. The van der Waals surface area contributed by atoms with Crippen molar-refractivity contribution in [3.8, 4) is 11.1 Å². The number of pyridine rings is 1. The van der Waals surface area contributed by atoms with E-state index in [2.05, 4.69) is 24.3 Å². The van der Waals surface area contributed by atoms with Crippen molar-refractivity contribution in [2.45, 2.75) is 26.8 Å². The van der Waals surface area contributed by atoms with Crippen molar-refractivity contribution in [2.75, 3.05) is 0 Å². The summed E-state index contributed by atoms with van der Waals surface area (Å²) in [4.78, 5) is 10.7. The topological polar surface area (TPSA) is 41.2 Å². The van der Waals surface area contributed by atoms with E-state index in [1.807, 2.05) is 36.6 Å². The predicted molar refractivity (Wildman–Crippen MR) is 73.8 cm³/mol. The highest BCUT2D eigenvalue weighted by atomic mass is 16.4. The first kappa shape index (κ1) is 13.3. The van der Waals surface area contributed by atoms with E-state index in [1.54, 1.807) is 0 Å². The standard InChI is InChI=1S/C16H17NO2/c1-12-10-15(14-6-4-3-5-7-14)11-13(2)17(12)9-8-16(18)19/h3-7,10-11H,8-9H2,1-2H3/p+1. The van der Waals surface area contributed by atoms with E-state index in [1.165, 1.54) is 11.1 Å². The number of nitrogens with zero attached hydrogens (tertiary/aromatic N) is 1. The molecule has 3 nitrogen and oxygen atoms in total. The number of aryl methyl sites for hydroxylation is 2. The minimum absolute atomic E-state index is 0.150. The van der Waals surface area contributed by atoms with Gasteiger partial charge >= 0.3 is 5.97 Å². The molecule has 98 valence electrons. The van der Waals surface area contributed by atoms with E-state index in [0.29, 0.717) is 6.54 Å². The lowest BCUT2D eigenvalue weighted by atomic mass is 10.0. The van der Waals surface area contributed by atoms with Crippen molar-refractivity contribution in [2.24, 2.45) is 0 Å². The van der Waals surface area contributed by atoms with E-state index >= 15 is 0 Å². The van der Waals surface area contributed by atoms with E-state index in [4.69, 9.17) is 5.11 Å². The van der Waals surface area contributed by atoms with Crippen LogP contribution < -0.4 is 4.57 Å². The molecule has 0 fully saturated rings. The van der Waals surface area contributed by atoms with Crippen LogP contribution in [0.4, 0.5) is 0 Å². The fourth-order valence-electron chi connectivity index (χ4n) is 2.28. The van der Waals surface area contributed by atoms with Crippen molar-refractivity contribution in [1.29, 1.82) is 0 Å². The normalized spacial score (nSPS) is 10.4. The first-order valence-electron chi connectivity index (χ1n) is 6.36. The van der Waals surface area contributed by atoms with Gasteiger partial charge in [0.05, 0.1) is 0 Å². The maximum absolute atomic E-state index is 10.7. The number of aliphatic carboxylic acids is 1. The van der Waals surface area contributed by atoms with Gasteiger partial charge < -0.3 is 5.11 Å². The fourth-order valence-corrected chi connectivity index (χ4v) is 2.28. The number of benzene rings is 1. The van der Waals surface area contributed by atoms with Gasteiger partial charge in [0.2, 0.25) is 0 Å². The third kappa shape index (κ3) is 3.19. The highest BCUT2D eigenvalue weighted by Gasteiger charge is 2.14. The zero-order valence-corrected chi connectivity index (χ0v) is 11.3. The molecule has 1 aromatic heterocycles. The molecule has 0 unspecified atom stereocenters. The van der Waals surface area contributed by atoms with Crippen molar-refractivity contribution < 1.29 is 14.5 Å². The van der Waals surface area contributed by atoms with Gasteiger partial charge in [-0.3, -0.25) is 4.79 Å². The second-order valence-electron chi connectivity index (χ2n) is 4.69. The molecule has 0 saturated carbocycles. The molecule has 0 saturated heterocycles. The van der Waals surface area contributed by atoms with Crippen LogP contribution in [0.15, 0.2) is 42.5 Å². The van der Waals surface area contributed by atoms with E-state index < -0.39 is 5.97 Å². The molecular formula is C16H18NO2+. The van der Waals surface area contributed by atoms with Gasteiger partial charge in [-0.15, -0.1) is 0 Å². The molecule has 0 aliphatic rings. The number of aromatic nitrogens is 1. The van der Waals surface area contributed by atoms with Crippen LogP contribution in [0.3, 0.4) is 0 Å². The minimum atomic E-state index is -0.765. The number of hydrogen-bond donors (Lipinski definition) is 1. The molecule has 0 atom stereocenters. The van der Waals surface area contributed by atoms with Gasteiger partial charge in [0.25, 0.3) is 0 Å². The Morgan fingerprint density at radius 3 is 2.16 bits per heavy atom. The average Bonchev–Trinajstić information content (AvgIpc) is 2.38. The molecule has 0 aliphatic heterocycles. The Balaban J connectivity index is 2.34. The Morgan fingerprint density at radius 1 is 1.05 bits per heavy atom. The van der Waals surface area contributed by atoms with Crippen LogP contribution in [0.25, 0.3) is 11.1 Å². The summed E-state index contributed by atoms with van der Waals surface area (Å²) in [7, 11) is 0. The zero-order valence-electron chi connectivity index (χ0n) is 11.3. The Kier molecular flexibility index (Phi) is 3.95. The summed E-state index contributed by atoms with van der Waals surface area (Å²) in [5.74, 6) is -0.765. The Labute approximate surface area is 113 Å². The molecular weight excluding hydrogens is 238 g/mol. The molecule has 0 amide bonds. The number of carboxylic acids is 1. The highest BCUT2D eigenvalue weighted by Crippen LogP contribution is 2.19. The van der Waals surface area contributed by atoms with Crippen LogP contribution >= 0.6 is 0 Å². The van der Waals surface area contributed by atoms with Crippen molar-refractivity contribution >= 4 is 5.97 Å². The molecule has 3 heteroatoms. The summed E-state index contributed by atoms with van der Waals surface area (Å²) in [6, 6.07) is 14.4. The second kappa shape index (κ2) is 5.65. The summed E-state index contributed by atoms with van der Waals surface area (Å²) in [5, 5.41) is 8.78. The Hall–Kier alpha value is -2.16.